The summed E-state index contributed by atoms with van der Waals surface area (Å²) in [6, 6.07) is 11.4. The Hall–Kier alpha value is -3.24. The summed E-state index contributed by atoms with van der Waals surface area (Å²) in [5.41, 5.74) is 0.934. The molecule has 2 rings (SSSR count). The van der Waals surface area contributed by atoms with E-state index in [1.165, 1.54) is 62.6 Å². The number of anilines is 1. The summed E-state index contributed by atoms with van der Waals surface area (Å²) in [6.45, 7) is -0.489. The van der Waals surface area contributed by atoms with E-state index >= 15 is 0 Å². The third-order valence-corrected chi connectivity index (χ3v) is 5.53. The lowest BCUT2D eigenvalue weighted by Crippen LogP contribution is -2.29. The molecule has 0 saturated carbocycles. The molecule has 0 aliphatic heterocycles. The third kappa shape index (κ3) is 5.15. The molecule has 2 amide bonds. The van der Waals surface area contributed by atoms with Crippen molar-refractivity contribution in [1.29, 1.82) is 0 Å². The Morgan fingerprint density at radius 1 is 0.893 bits per heavy atom. The Morgan fingerprint density at radius 2 is 1.39 bits per heavy atom. The number of nitrogens with zero attached hydrogens (tertiary/aromatic N) is 1. The van der Waals surface area contributed by atoms with Crippen molar-refractivity contribution in [2.45, 2.75) is 4.90 Å². The number of aliphatic carboxylic acids is 1. The molecule has 0 heterocycles. The van der Waals surface area contributed by atoms with E-state index in [2.05, 4.69) is 10.6 Å². The first-order valence-corrected chi connectivity index (χ1v) is 9.49. The molecule has 9 nitrogen and oxygen atoms in total. The molecule has 0 aliphatic carbocycles. The lowest BCUT2D eigenvalue weighted by molar-refractivity contribution is -0.135. The number of hydrogen-bond acceptors (Lipinski definition) is 5. The van der Waals surface area contributed by atoms with E-state index in [0.29, 0.717) is 5.69 Å². The van der Waals surface area contributed by atoms with Crippen molar-refractivity contribution in [3.05, 3.63) is 59.7 Å². The number of sulfonamides is 1. The zero-order chi connectivity index (χ0) is 20.9. The second-order valence-corrected chi connectivity index (χ2v) is 8.07. The summed E-state index contributed by atoms with van der Waals surface area (Å²) in [4.78, 5) is 34.6. The average molecular weight is 405 g/mol. The van der Waals surface area contributed by atoms with Gasteiger partial charge in [-0.2, -0.15) is 0 Å². The van der Waals surface area contributed by atoms with Crippen LogP contribution >= 0.6 is 0 Å². The smallest absolute Gasteiger partial charge is 0.322 e. The number of carboxylic acid groups (broad SMARTS) is 1. The molecule has 148 valence electrons. The first-order chi connectivity index (χ1) is 13.1. The minimum Gasteiger partial charge on any atom is -0.480 e. The standard InChI is InChI=1S/C18H19N3O6S/c1-21(2)28(26,27)15-9-5-13(6-10-15)18(25)20-14-7-3-12(4-8-14)17(24)19-11-16(22)23/h3-10H,11H2,1-2H3,(H,19,24)(H,20,25)(H,22,23). The van der Waals surface area contributed by atoms with Gasteiger partial charge in [0.15, 0.2) is 0 Å². The predicted molar refractivity (Wildman–Crippen MR) is 102 cm³/mol. The van der Waals surface area contributed by atoms with E-state index in [4.69, 9.17) is 5.11 Å². The zero-order valence-electron chi connectivity index (χ0n) is 15.2. The van der Waals surface area contributed by atoms with E-state index in [0.717, 1.165) is 4.31 Å². The van der Waals surface area contributed by atoms with Gasteiger partial charge >= 0.3 is 5.97 Å². The van der Waals surface area contributed by atoms with Crippen molar-refractivity contribution in [2.24, 2.45) is 0 Å². The van der Waals surface area contributed by atoms with Gasteiger partial charge in [-0.25, -0.2) is 12.7 Å². The molecular weight excluding hydrogens is 386 g/mol. The molecule has 2 aromatic rings. The normalized spacial score (nSPS) is 11.1. The van der Waals surface area contributed by atoms with Gasteiger partial charge in [0.2, 0.25) is 10.0 Å². The van der Waals surface area contributed by atoms with E-state index in [-0.39, 0.29) is 16.0 Å². The van der Waals surface area contributed by atoms with Gasteiger partial charge in [-0.05, 0) is 48.5 Å². The van der Waals surface area contributed by atoms with Crippen molar-refractivity contribution in [3.63, 3.8) is 0 Å². The maximum atomic E-state index is 12.3. The number of carbonyl (C=O) groups excluding carboxylic acids is 2. The molecule has 0 unspecified atom stereocenters. The highest BCUT2D eigenvalue weighted by Gasteiger charge is 2.17. The predicted octanol–water partition coefficient (Wildman–Crippen LogP) is 1.00. The maximum absolute atomic E-state index is 12.3. The molecule has 0 fully saturated rings. The molecule has 0 aromatic heterocycles. The first-order valence-electron chi connectivity index (χ1n) is 8.05. The van der Waals surface area contributed by atoms with Gasteiger partial charge in [-0.3, -0.25) is 14.4 Å². The number of amides is 2. The Kier molecular flexibility index (Phi) is 6.49. The van der Waals surface area contributed by atoms with Crippen LogP contribution in [-0.2, 0) is 14.8 Å². The summed E-state index contributed by atoms with van der Waals surface area (Å²) in [5.74, 6) is -2.14. The molecule has 0 bridgehead atoms. The molecule has 3 N–H and O–H groups in total. The maximum Gasteiger partial charge on any atom is 0.322 e. The number of rotatable bonds is 7. The summed E-state index contributed by atoms with van der Waals surface area (Å²) < 4.78 is 25.1. The second kappa shape index (κ2) is 8.63. The Morgan fingerprint density at radius 3 is 1.89 bits per heavy atom. The van der Waals surface area contributed by atoms with Crippen LogP contribution < -0.4 is 10.6 Å². The monoisotopic (exact) mass is 405 g/mol. The highest BCUT2D eigenvalue weighted by molar-refractivity contribution is 7.89. The lowest BCUT2D eigenvalue weighted by atomic mass is 10.1. The summed E-state index contributed by atoms with van der Waals surface area (Å²) >= 11 is 0. The van der Waals surface area contributed by atoms with E-state index in [9.17, 15) is 22.8 Å². The molecule has 0 spiro atoms. The van der Waals surface area contributed by atoms with Gasteiger partial charge < -0.3 is 15.7 Å². The SMILES string of the molecule is CN(C)S(=O)(=O)c1ccc(C(=O)Nc2ccc(C(=O)NCC(=O)O)cc2)cc1. The van der Waals surface area contributed by atoms with Crippen LogP contribution in [0.1, 0.15) is 20.7 Å². The Labute approximate surface area is 162 Å². The number of carbonyl (C=O) groups is 3. The van der Waals surface area contributed by atoms with Crippen LogP contribution in [0.2, 0.25) is 0 Å². The Balaban J connectivity index is 2.05. The third-order valence-electron chi connectivity index (χ3n) is 3.70. The van der Waals surface area contributed by atoms with Crippen molar-refractivity contribution in [3.8, 4) is 0 Å². The van der Waals surface area contributed by atoms with E-state index < -0.39 is 34.4 Å². The summed E-state index contributed by atoms with van der Waals surface area (Å²) in [6.07, 6.45) is 0. The molecule has 0 atom stereocenters. The fraction of sp³-hybridized carbons (Fsp3) is 0.167. The molecule has 10 heteroatoms. The molecular formula is C18H19N3O6S. The Bertz CT molecular complexity index is 983. The van der Waals surface area contributed by atoms with Gasteiger partial charge in [0.25, 0.3) is 11.8 Å². The highest BCUT2D eigenvalue weighted by Crippen LogP contribution is 2.16. The van der Waals surface area contributed by atoms with Crippen LogP contribution in [0.15, 0.2) is 53.4 Å². The van der Waals surface area contributed by atoms with Gasteiger partial charge in [-0.15, -0.1) is 0 Å². The van der Waals surface area contributed by atoms with Crippen LogP contribution in [0, 0.1) is 0 Å². The van der Waals surface area contributed by atoms with Gasteiger partial charge in [0.1, 0.15) is 6.54 Å². The molecule has 2 aromatic carbocycles. The molecule has 0 aliphatic rings. The first kappa shape index (κ1) is 21.1. The van der Waals surface area contributed by atoms with Crippen molar-refractivity contribution in [2.75, 3.05) is 26.0 Å². The largest absolute Gasteiger partial charge is 0.480 e. The number of hydrogen-bond donors (Lipinski definition) is 3. The number of nitrogens with one attached hydrogen (secondary N) is 2. The van der Waals surface area contributed by atoms with E-state index in [1.54, 1.807) is 0 Å². The topological polar surface area (TPSA) is 133 Å². The average Bonchev–Trinajstić information content (AvgIpc) is 2.66. The van der Waals surface area contributed by atoms with Gasteiger partial charge in [0, 0.05) is 30.9 Å². The van der Waals surface area contributed by atoms with Crippen LogP contribution in [0.3, 0.4) is 0 Å². The van der Waals surface area contributed by atoms with Crippen molar-refractivity contribution < 1.29 is 27.9 Å². The van der Waals surface area contributed by atoms with Crippen LogP contribution in [0.25, 0.3) is 0 Å². The number of carboxylic acids is 1. The quantitative estimate of drug-likeness (QED) is 0.629. The molecule has 0 radical (unpaired) electrons. The minimum atomic E-state index is -3.57. The van der Waals surface area contributed by atoms with Crippen LogP contribution in [-0.4, -0.2) is 56.3 Å². The van der Waals surface area contributed by atoms with Crippen molar-refractivity contribution >= 4 is 33.5 Å². The van der Waals surface area contributed by atoms with Gasteiger partial charge in [0.05, 0.1) is 4.90 Å². The summed E-state index contributed by atoms with van der Waals surface area (Å²) in [5, 5.41) is 13.4. The molecule has 0 saturated heterocycles. The van der Waals surface area contributed by atoms with Crippen LogP contribution in [0.5, 0.6) is 0 Å². The van der Waals surface area contributed by atoms with E-state index in [1.807, 2.05) is 0 Å². The minimum absolute atomic E-state index is 0.0748. The zero-order valence-corrected chi connectivity index (χ0v) is 16.0. The van der Waals surface area contributed by atoms with Gasteiger partial charge in [-0.1, -0.05) is 0 Å². The molecule has 28 heavy (non-hydrogen) atoms. The van der Waals surface area contributed by atoms with Crippen molar-refractivity contribution in [1.82, 2.24) is 9.62 Å². The van der Waals surface area contributed by atoms with Crippen LogP contribution in [0.4, 0.5) is 5.69 Å². The second-order valence-electron chi connectivity index (χ2n) is 5.92. The summed E-state index contributed by atoms with van der Waals surface area (Å²) in [7, 11) is -0.738. The lowest BCUT2D eigenvalue weighted by Gasteiger charge is -2.11. The fourth-order valence-electron chi connectivity index (χ4n) is 2.16. The number of benzene rings is 2. The fourth-order valence-corrected chi connectivity index (χ4v) is 3.06. The highest BCUT2D eigenvalue weighted by atomic mass is 32.2.